The second kappa shape index (κ2) is 8.48. The third-order valence-electron chi connectivity index (χ3n) is 7.28. The van der Waals surface area contributed by atoms with Crippen molar-refractivity contribution in [3.8, 4) is 0 Å². The van der Waals surface area contributed by atoms with E-state index >= 15 is 0 Å². The van der Waals surface area contributed by atoms with Gasteiger partial charge in [0.25, 0.3) is 0 Å². The van der Waals surface area contributed by atoms with E-state index in [-0.39, 0.29) is 28.9 Å². The van der Waals surface area contributed by atoms with Crippen LogP contribution >= 0.6 is 0 Å². The third-order valence-corrected chi connectivity index (χ3v) is 11.8. The van der Waals surface area contributed by atoms with Gasteiger partial charge in [-0.05, 0) is 42.2 Å². The lowest BCUT2D eigenvalue weighted by molar-refractivity contribution is -0.146. The number of carbonyl (C=O) groups excluding carboxylic acids is 2. The van der Waals surface area contributed by atoms with Gasteiger partial charge in [0.2, 0.25) is 5.91 Å². The van der Waals surface area contributed by atoms with Gasteiger partial charge in [0, 0.05) is 6.54 Å². The number of carbonyl (C=O) groups is 2. The lowest BCUT2D eigenvalue weighted by atomic mass is 10.0. The van der Waals surface area contributed by atoms with Crippen molar-refractivity contribution in [3.05, 3.63) is 71.8 Å². The molecule has 6 heteroatoms. The summed E-state index contributed by atoms with van der Waals surface area (Å²) in [5.74, 6) is -0.528. The zero-order valence-corrected chi connectivity index (χ0v) is 20.6. The van der Waals surface area contributed by atoms with Crippen molar-refractivity contribution in [1.29, 1.82) is 0 Å². The Balaban J connectivity index is 1.61. The maximum atomic E-state index is 13.3. The van der Waals surface area contributed by atoms with E-state index in [1.807, 2.05) is 53.4 Å². The van der Waals surface area contributed by atoms with Crippen molar-refractivity contribution in [2.45, 2.75) is 70.1 Å². The van der Waals surface area contributed by atoms with Gasteiger partial charge in [0.1, 0.15) is 6.10 Å². The highest BCUT2D eigenvalue weighted by Crippen LogP contribution is 2.47. The van der Waals surface area contributed by atoms with Crippen LogP contribution in [0.2, 0.25) is 18.1 Å². The van der Waals surface area contributed by atoms with Crippen molar-refractivity contribution in [1.82, 2.24) is 4.90 Å². The SMILES string of the molecule is CC(C)(C)[Si](C)(C)O[C@@H]1[C@H](OC(=O)c2ccccc2)[C@@H]2C[C@H]1C(=O)N2Cc1ccccc1. The van der Waals surface area contributed by atoms with Crippen LogP contribution in [0.3, 0.4) is 0 Å². The van der Waals surface area contributed by atoms with Gasteiger partial charge >= 0.3 is 5.97 Å². The maximum absolute atomic E-state index is 13.3. The number of benzene rings is 2. The topological polar surface area (TPSA) is 55.8 Å². The van der Waals surface area contributed by atoms with Crippen LogP contribution in [0, 0.1) is 5.92 Å². The second-order valence-corrected chi connectivity index (χ2v) is 15.2. The Bertz CT molecular complexity index is 970. The molecule has 0 radical (unpaired) electrons. The first kappa shape index (κ1) is 22.7. The van der Waals surface area contributed by atoms with Crippen molar-refractivity contribution >= 4 is 20.2 Å². The van der Waals surface area contributed by atoms with Gasteiger partial charge in [-0.2, -0.15) is 0 Å². The number of fused-ring (bicyclic) bond motifs is 2. The predicted octanol–water partition coefficient (Wildman–Crippen LogP) is 5.03. The van der Waals surface area contributed by atoms with Crippen molar-refractivity contribution < 1.29 is 18.8 Å². The molecule has 0 aromatic heterocycles. The van der Waals surface area contributed by atoms with E-state index in [0.717, 1.165) is 5.56 Å². The smallest absolute Gasteiger partial charge is 0.338 e. The fourth-order valence-corrected chi connectivity index (χ4v) is 5.78. The van der Waals surface area contributed by atoms with E-state index in [9.17, 15) is 9.59 Å². The van der Waals surface area contributed by atoms with Gasteiger partial charge in [-0.25, -0.2) is 4.79 Å². The van der Waals surface area contributed by atoms with E-state index in [1.54, 1.807) is 12.1 Å². The van der Waals surface area contributed by atoms with Gasteiger partial charge < -0.3 is 14.1 Å². The van der Waals surface area contributed by atoms with Gasteiger partial charge in [0.15, 0.2) is 8.32 Å². The van der Waals surface area contributed by atoms with E-state index in [2.05, 4.69) is 33.9 Å². The molecule has 0 N–H and O–H groups in total. The van der Waals surface area contributed by atoms with Crippen LogP contribution in [0.1, 0.15) is 43.1 Å². The summed E-state index contributed by atoms with van der Waals surface area (Å²) in [6, 6.07) is 18.8. The molecular formula is C26H33NO4Si. The summed E-state index contributed by atoms with van der Waals surface area (Å²) in [6.45, 7) is 11.4. The van der Waals surface area contributed by atoms with Crippen LogP contribution in [0.4, 0.5) is 0 Å². The summed E-state index contributed by atoms with van der Waals surface area (Å²) in [7, 11) is -2.17. The summed E-state index contributed by atoms with van der Waals surface area (Å²) in [5.41, 5.74) is 1.59. The molecular weight excluding hydrogens is 418 g/mol. The molecule has 0 unspecified atom stereocenters. The summed E-state index contributed by atoms with van der Waals surface area (Å²) in [4.78, 5) is 28.2. The number of hydrogen-bond acceptors (Lipinski definition) is 4. The molecule has 1 aliphatic carbocycles. The number of nitrogens with zero attached hydrogens (tertiary/aromatic N) is 1. The standard InChI is InChI=1S/C26H33NO4Si/c1-26(2,3)32(4,5)31-22-20-16-21(23(22)30-25(29)19-14-10-7-11-15-19)27(24(20)28)17-18-12-8-6-9-13-18/h6-15,20-23H,16-17H2,1-5H3/t20-,21+,22+,23-/m1/s1. The second-order valence-electron chi connectivity index (χ2n) is 10.4. The highest BCUT2D eigenvalue weighted by Gasteiger charge is 2.61. The molecule has 2 aliphatic rings. The summed E-state index contributed by atoms with van der Waals surface area (Å²) in [6.07, 6.45) is -0.200. The summed E-state index contributed by atoms with van der Waals surface area (Å²) < 4.78 is 12.8. The molecule has 1 amide bonds. The van der Waals surface area contributed by atoms with Gasteiger partial charge in [-0.15, -0.1) is 0 Å². The van der Waals surface area contributed by atoms with Crippen LogP contribution in [0.5, 0.6) is 0 Å². The Labute approximate surface area is 191 Å². The lowest BCUT2D eigenvalue weighted by Gasteiger charge is -2.44. The van der Waals surface area contributed by atoms with E-state index in [4.69, 9.17) is 9.16 Å². The highest BCUT2D eigenvalue weighted by atomic mass is 28.4. The molecule has 5 nitrogen and oxygen atoms in total. The summed E-state index contributed by atoms with van der Waals surface area (Å²) in [5, 5.41) is -0.00437. The van der Waals surface area contributed by atoms with Gasteiger partial charge in [0.05, 0.1) is 23.6 Å². The molecule has 170 valence electrons. The van der Waals surface area contributed by atoms with Crippen LogP contribution < -0.4 is 0 Å². The van der Waals surface area contributed by atoms with E-state index in [0.29, 0.717) is 18.5 Å². The van der Waals surface area contributed by atoms with Gasteiger partial charge in [-0.3, -0.25) is 4.79 Å². The zero-order chi connectivity index (χ0) is 23.1. The average Bonchev–Trinajstić information content (AvgIpc) is 3.24. The third kappa shape index (κ3) is 4.26. The molecule has 1 heterocycles. The minimum Gasteiger partial charge on any atom is -0.454 e. The van der Waals surface area contributed by atoms with Crippen LogP contribution in [0.25, 0.3) is 0 Å². The first-order chi connectivity index (χ1) is 15.1. The molecule has 4 atom stereocenters. The van der Waals surface area contributed by atoms with Crippen molar-refractivity contribution in [2.24, 2.45) is 5.92 Å². The van der Waals surface area contributed by atoms with E-state index in [1.165, 1.54) is 0 Å². The monoisotopic (exact) mass is 451 g/mol. The Morgan fingerprint density at radius 2 is 1.59 bits per heavy atom. The Hall–Kier alpha value is -2.44. The molecule has 1 aliphatic heterocycles. The predicted molar refractivity (Wildman–Crippen MR) is 127 cm³/mol. The normalized spacial score (nSPS) is 25.3. The molecule has 2 fully saturated rings. The van der Waals surface area contributed by atoms with Gasteiger partial charge in [-0.1, -0.05) is 69.3 Å². The minimum atomic E-state index is -2.17. The first-order valence-corrected chi connectivity index (χ1v) is 14.3. The van der Waals surface area contributed by atoms with Crippen LogP contribution in [-0.2, 0) is 20.5 Å². The first-order valence-electron chi connectivity index (χ1n) is 11.4. The Morgan fingerprint density at radius 1 is 1.00 bits per heavy atom. The van der Waals surface area contributed by atoms with Crippen LogP contribution in [0.15, 0.2) is 60.7 Å². The number of esters is 1. The Kier molecular flexibility index (Phi) is 6.03. The zero-order valence-electron chi connectivity index (χ0n) is 19.6. The molecule has 2 aromatic carbocycles. The maximum Gasteiger partial charge on any atom is 0.338 e. The number of amides is 1. The fourth-order valence-electron chi connectivity index (χ4n) is 4.45. The Morgan fingerprint density at radius 3 is 2.19 bits per heavy atom. The number of hydrogen-bond donors (Lipinski definition) is 0. The largest absolute Gasteiger partial charge is 0.454 e. The molecule has 1 saturated heterocycles. The minimum absolute atomic E-state index is 0.00437. The summed E-state index contributed by atoms with van der Waals surface area (Å²) >= 11 is 0. The number of piperidine rings is 1. The van der Waals surface area contributed by atoms with Crippen molar-refractivity contribution in [3.63, 3.8) is 0 Å². The molecule has 0 spiro atoms. The molecule has 4 rings (SSSR count). The lowest BCUT2D eigenvalue weighted by Crippen LogP contribution is -2.57. The van der Waals surface area contributed by atoms with E-state index < -0.39 is 20.5 Å². The fraction of sp³-hybridized carbons (Fsp3) is 0.462. The average molecular weight is 452 g/mol. The molecule has 2 aromatic rings. The molecule has 32 heavy (non-hydrogen) atoms. The molecule has 2 bridgehead atoms. The number of ether oxygens (including phenoxy) is 1. The van der Waals surface area contributed by atoms with Crippen molar-refractivity contribution in [2.75, 3.05) is 0 Å². The number of likely N-dealkylation sites (tertiary alicyclic amines) is 1. The van der Waals surface area contributed by atoms with Crippen LogP contribution in [-0.4, -0.2) is 43.3 Å². The highest BCUT2D eigenvalue weighted by molar-refractivity contribution is 6.74. The quantitative estimate of drug-likeness (QED) is 0.456. The molecule has 1 saturated carbocycles. The number of rotatable bonds is 6.